The van der Waals surface area contributed by atoms with Gasteiger partial charge < -0.3 is 89.9 Å². The van der Waals surface area contributed by atoms with Crippen molar-refractivity contribution in [1.82, 2.24) is 5.32 Å². The normalized spacial score (nSPS) is 26.8. The van der Waals surface area contributed by atoms with E-state index in [4.69, 9.17) is 28.4 Å². The van der Waals surface area contributed by atoms with Gasteiger partial charge in [0.25, 0.3) is 0 Å². The van der Waals surface area contributed by atoms with Crippen molar-refractivity contribution in [1.29, 1.82) is 0 Å². The number of unbranched alkanes of at least 4 members (excludes halogenated alkanes) is 47. The minimum atomic E-state index is -1.98. The molecule has 17 unspecified atom stereocenters. The van der Waals surface area contributed by atoms with Crippen molar-refractivity contribution < 1.29 is 89.4 Å². The summed E-state index contributed by atoms with van der Waals surface area (Å²) in [5.74, 6) is -0.277. The Labute approximate surface area is 594 Å². The summed E-state index contributed by atoms with van der Waals surface area (Å²) in [5, 5.41) is 121. The second-order valence-electron chi connectivity index (χ2n) is 29.2. The van der Waals surface area contributed by atoms with Gasteiger partial charge in [-0.3, -0.25) is 4.79 Å². The van der Waals surface area contributed by atoms with E-state index in [0.29, 0.717) is 12.8 Å². The number of aliphatic hydroxyl groups is 11. The Morgan fingerprint density at radius 2 is 0.653 bits per heavy atom. The molecule has 17 atom stereocenters. The number of hydrogen-bond acceptors (Lipinski definition) is 18. The maximum atomic E-state index is 13.5. The summed E-state index contributed by atoms with van der Waals surface area (Å²) in [6.45, 7) is 1.77. The molecule has 98 heavy (non-hydrogen) atoms. The zero-order valence-corrected chi connectivity index (χ0v) is 61.8. The van der Waals surface area contributed by atoms with E-state index in [1.165, 1.54) is 270 Å². The van der Waals surface area contributed by atoms with E-state index < -0.39 is 124 Å². The average molecular weight is 1400 g/mol. The first-order valence-electron chi connectivity index (χ1n) is 40.6. The molecule has 12 N–H and O–H groups in total. The van der Waals surface area contributed by atoms with Gasteiger partial charge in [-0.1, -0.05) is 327 Å². The van der Waals surface area contributed by atoms with E-state index in [9.17, 15) is 61.0 Å². The molecular weight excluding hydrogens is 1250 g/mol. The largest absolute Gasteiger partial charge is 0.394 e. The minimum absolute atomic E-state index is 0.241. The lowest BCUT2D eigenvalue weighted by Crippen LogP contribution is -2.66. The van der Waals surface area contributed by atoms with Crippen LogP contribution in [0.3, 0.4) is 0 Å². The molecule has 0 saturated carbocycles. The lowest BCUT2D eigenvalue weighted by molar-refractivity contribution is -0.379. The van der Waals surface area contributed by atoms with Gasteiger partial charge in [-0.25, -0.2) is 0 Å². The van der Waals surface area contributed by atoms with Crippen LogP contribution in [0.15, 0.2) is 24.3 Å². The summed E-state index contributed by atoms with van der Waals surface area (Å²) >= 11 is 0. The van der Waals surface area contributed by atoms with Gasteiger partial charge in [0.15, 0.2) is 18.9 Å². The van der Waals surface area contributed by atoms with Crippen LogP contribution in [0.1, 0.15) is 341 Å². The summed E-state index contributed by atoms with van der Waals surface area (Å²) in [6.07, 6.45) is 46.1. The van der Waals surface area contributed by atoms with Crippen LogP contribution in [-0.4, -0.2) is 193 Å². The van der Waals surface area contributed by atoms with Crippen LogP contribution < -0.4 is 5.32 Å². The Balaban J connectivity index is 1.36. The van der Waals surface area contributed by atoms with Crippen LogP contribution >= 0.6 is 0 Å². The van der Waals surface area contributed by atoms with Crippen LogP contribution in [0, 0.1) is 0 Å². The Morgan fingerprint density at radius 3 is 1.02 bits per heavy atom. The van der Waals surface area contributed by atoms with Crippen molar-refractivity contribution in [3.8, 4) is 0 Å². The van der Waals surface area contributed by atoms with Crippen LogP contribution in [0.25, 0.3) is 0 Å². The van der Waals surface area contributed by atoms with Gasteiger partial charge in [0.05, 0.1) is 38.6 Å². The molecule has 19 nitrogen and oxygen atoms in total. The SMILES string of the molecule is CCCCCCCCCCCCCCCCC/C=C/CC/C=C/C(O)C(COC1OC(CO)C(OC2OC(CO)C(OC3OC(CO)C(O)C(O)C3O)C(O)C2O)C(O)C1O)NC(=O)CCCCCCCCCCCCCCCCCCCCCCCCCCCCCCCCCC. The first-order valence-corrected chi connectivity index (χ1v) is 40.6. The topological polar surface area (TPSA) is 307 Å². The zero-order valence-electron chi connectivity index (χ0n) is 61.8. The monoisotopic (exact) mass is 1400 g/mol. The standard InChI is InChI=1S/C79H149NO18/c1-3-5-7-9-11-13-15-17-19-21-23-25-26-27-28-29-30-31-32-33-34-35-37-39-41-43-45-47-49-51-53-55-57-67(85)80-62(63(84)56-54-52-50-48-46-44-42-40-38-36-24-22-20-18-16-14-12-10-8-6-4-2)61-93-77-73(91)70(88)75(65(59-82)95-77)98-79-74(92)71(89)76(66(60-83)96-79)97-78-72(90)69(87)68(86)64(58-81)94-78/h46,48,54,56,62-66,68-79,81-84,86-92H,3-45,47,49-53,55,57-61H2,1-2H3,(H,80,85)/b48-46+,56-54+. The lowest BCUT2D eigenvalue weighted by Gasteiger charge is -2.48. The van der Waals surface area contributed by atoms with Crippen molar-refractivity contribution in [2.24, 2.45) is 0 Å². The molecule has 578 valence electrons. The number of hydrogen-bond donors (Lipinski definition) is 12. The molecule has 0 aromatic heterocycles. The second-order valence-corrected chi connectivity index (χ2v) is 29.2. The zero-order chi connectivity index (χ0) is 71.1. The number of rotatable bonds is 65. The van der Waals surface area contributed by atoms with Gasteiger partial charge in [0, 0.05) is 6.42 Å². The average Bonchev–Trinajstić information content (AvgIpc) is 0.784. The molecule has 3 aliphatic heterocycles. The molecule has 3 heterocycles. The van der Waals surface area contributed by atoms with E-state index >= 15 is 0 Å². The predicted octanol–water partition coefficient (Wildman–Crippen LogP) is 13.3. The molecule has 0 aliphatic carbocycles. The summed E-state index contributed by atoms with van der Waals surface area (Å²) in [6, 6.07) is -0.988. The molecule has 0 bridgehead atoms. The summed E-state index contributed by atoms with van der Waals surface area (Å²) in [5.41, 5.74) is 0. The lowest BCUT2D eigenvalue weighted by atomic mass is 9.96. The molecule has 0 radical (unpaired) electrons. The third-order valence-electron chi connectivity index (χ3n) is 20.5. The molecule has 3 aliphatic rings. The highest BCUT2D eigenvalue weighted by atomic mass is 16.8. The number of nitrogens with one attached hydrogen (secondary N) is 1. The highest BCUT2D eigenvalue weighted by Crippen LogP contribution is 2.33. The van der Waals surface area contributed by atoms with Crippen molar-refractivity contribution in [2.75, 3.05) is 26.4 Å². The fourth-order valence-corrected chi connectivity index (χ4v) is 14.0. The Kier molecular flexibility index (Phi) is 55.9. The molecule has 0 aromatic carbocycles. The second kappa shape index (κ2) is 60.5. The summed E-state index contributed by atoms with van der Waals surface area (Å²) < 4.78 is 34.4. The first kappa shape index (κ1) is 90.5. The molecule has 3 saturated heterocycles. The smallest absolute Gasteiger partial charge is 0.220 e. The van der Waals surface area contributed by atoms with Gasteiger partial charge in [-0.05, 0) is 32.1 Å². The Morgan fingerprint density at radius 1 is 0.357 bits per heavy atom. The highest BCUT2D eigenvalue weighted by Gasteiger charge is 2.54. The van der Waals surface area contributed by atoms with Crippen molar-refractivity contribution in [3.05, 3.63) is 24.3 Å². The molecule has 0 aromatic rings. The van der Waals surface area contributed by atoms with Crippen molar-refractivity contribution in [2.45, 2.75) is 446 Å². The molecule has 19 heteroatoms. The van der Waals surface area contributed by atoms with Gasteiger partial charge in [0.2, 0.25) is 5.91 Å². The highest BCUT2D eigenvalue weighted by molar-refractivity contribution is 5.76. The number of amides is 1. The molecule has 0 spiro atoms. The quantitative estimate of drug-likeness (QED) is 0.0199. The molecule has 3 fully saturated rings. The van der Waals surface area contributed by atoms with Crippen LogP contribution in [0.5, 0.6) is 0 Å². The maximum Gasteiger partial charge on any atom is 0.220 e. The van der Waals surface area contributed by atoms with Gasteiger partial charge >= 0.3 is 0 Å². The molecular formula is C79H149NO18. The maximum absolute atomic E-state index is 13.5. The van der Waals surface area contributed by atoms with E-state index in [0.717, 1.165) is 38.5 Å². The van der Waals surface area contributed by atoms with Gasteiger partial charge in [-0.2, -0.15) is 0 Å². The Hall–Kier alpha value is -1.73. The fourth-order valence-electron chi connectivity index (χ4n) is 14.0. The van der Waals surface area contributed by atoms with E-state index in [-0.39, 0.29) is 18.9 Å². The third kappa shape index (κ3) is 40.5. The minimum Gasteiger partial charge on any atom is -0.394 e. The number of carbonyl (C=O) groups excluding carboxylic acids is 1. The molecule has 3 rings (SSSR count). The van der Waals surface area contributed by atoms with E-state index in [2.05, 4.69) is 31.3 Å². The fraction of sp³-hybridized carbons (Fsp3) is 0.937. The van der Waals surface area contributed by atoms with Crippen LogP contribution in [0.2, 0.25) is 0 Å². The number of carbonyl (C=O) groups is 1. The first-order chi connectivity index (χ1) is 47.8. The number of allylic oxidation sites excluding steroid dienone is 3. The van der Waals surface area contributed by atoms with Crippen molar-refractivity contribution in [3.63, 3.8) is 0 Å². The predicted molar refractivity (Wildman–Crippen MR) is 388 cm³/mol. The summed E-state index contributed by atoms with van der Waals surface area (Å²) in [4.78, 5) is 13.5. The van der Waals surface area contributed by atoms with Gasteiger partial charge in [0.1, 0.15) is 73.2 Å². The Bertz CT molecular complexity index is 1870. The van der Waals surface area contributed by atoms with E-state index in [1.54, 1.807) is 6.08 Å². The number of aliphatic hydroxyl groups excluding tert-OH is 11. The molecule has 1 amide bonds. The summed E-state index contributed by atoms with van der Waals surface area (Å²) in [7, 11) is 0. The van der Waals surface area contributed by atoms with E-state index in [1.807, 2.05) is 6.08 Å². The van der Waals surface area contributed by atoms with Crippen LogP contribution in [-0.2, 0) is 33.2 Å². The van der Waals surface area contributed by atoms with Crippen molar-refractivity contribution >= 4 is 5.91 Å². The third-order valence-corrected chi connectivity index (χ3v) is 20.5. The van der Waals surface area contributed by atoms with Gasteiger partial charge in [-0.15, -0.1) is 0 Å². The number of ether oxygens (including phenoxy) is 6. The van der Waals surface area contributed by atoms with Crippen LogP contribution in [0.4, 0.5) is 0 Å².